The molecule has 7 heteroatoms. The SMILES string of the molecule is Cc1cc(C(=O)N2CCO[C@H](C(=O)O)C2)sc1-c1ccc(F)cc1. The molecule has 2 heterocycles. The first kappa shape index (κ1) is 16.6. The second-order valence-corrected chi connectivity index (χ2v) is 6.63. The Hall–Kier alpha value is -2.25. The van der Waals surface area contributed by atoms with Gasteiger partial charge in [-0.3, -0.25) is 4.79 Å². The second kappa shape index (κ2) is 6.70. The van der Waals surface area contributed by atoms with Crippen LogP contribution in [-0.2, 0) is 9.53 Å². The first-order chi connectivity index (χ1) is 11.5. The highest BCUT2D eigenvalue weighted by Gasteiger charge is 2.30. The average Bonchev–Trinajstić information content (AvgIpc) is 2.97. The van der Waals surface area contributed by atoms with Gasteiger partial charge in [-0.2, -0.15) is 0 Å². The number of carboxylic acids is 1. The number of thiophene rings is 1. The van der Waals surface area contributed by atoms with Crippen LogP contribution in [0.15, 0.2) is 30.3 Å². The number of hydrogen-bond acceptors (Lipinski definition) is 4. The molecule has 5 nitrogen and oxygen atoms in total. The summed E-state index contributed by atoms with van der Waals surface area (Å²) in [5.74, 6) is -1.58. The van der Waals surface area contributed by atoms with E-state index in [4.69, 9.17) is 9.84 Å². The maximum absolute atomic E-state index is 13.1. The van der Waals surface area contributed by atoms with Crippen LogP contribution in [0.5, 0.6) is 0 Å². The molecule has 3 rings (SSSR count). The molecule has 24 heavy (non-hydrogen) atoms. The molecule has 1 fully saturated rings. The number of aliphatic carboxylic acids is 1. The second-order valence-electron chi connectivity index (χ2n) is 5.58. The number of carbonyl (C=O) groups excluding carboxylic acids is 1. The molecule has 1 aromatic carbocycles. The number of rotatable bonds is 3. The van der Waals surface area contributed by atoms with E-state index in [2.05, 4.69) is 0 Å². The lowest BCUT2D eigenvalue weighted by molar-refractivity contribution is -0.154. The highest BCUT2D eigenvalue weighted by Crippen LogP contribution is 2.33. The van der Waals surface area contributed by atoms with E-state index in [-0.39, 0.29) is 24.9 Å². The van der Waals surface area contributed by atoms with Crippen LogP contribution in [0.1, 0.15) is 15.2 Å². The van der Waals surface area contributed by atoms with Gasteiger partial charge in [0.2, 0.25) is 0 Å². The fraction of sp³-hybridized carbons (Fsp3) is 0.294. The molecule has 1 aromatic heterocycles. The van der Waals surface area contributed by atoms with Gasteiger partial charge >= 0.3 is 5.97 Å². The van der Waals surface area contributed by atoms with Crippen molar-refractivity contribution in [1.82, 2.24) is 4.90 Å². The van der Waals surface area contributed by atoms with Crippen LogP contribution < -0.4 is 0 Å². The van der Waals surface area contributed by atoms with Crippen LogP contribution in [0.4, 0.5) is 4.39 Å². The van der Waals surface area contributed by atoms with Gasteiger partial charge in [-0.1, -0.05) is 12.1 Å². The minimum atomic E-state index is -1.07. The Balaban J connectivity index is 1.82. The summed E-state index contributed by atoms with van der Waals surface area (Å²) < 4.78 is 18.2. The number of carbonyl (C=O) groups is 2. The Kier molecular flexibility index (Phi) is 4.64. The van der Waals surface area contributed by atoms with Crippen molar-refractivity contribution in [1.29, 1.82) is 0 Å². The van der Waals surface area contributed by atoms with E-state index in [0.717, 1.165) is 16.0 Å². The third-order valence-electron chi connectivity index (χ3n) is 3.86. The number of ether oxygens (including phenoxy) is 1. The van der Waals surface area contributed by atoms with E-state index in [1.165, 1.54) is 28.4 Å². The molecular formula is C17H16FNO4S. The van der Waals surface area contributed by atoms with Gasteiger partial charge < -0.3 is 14.7 Å². The van der Waals surface area contributed by atoms with Gasteiger partial charge in [-0.25, -0.2) is 9.18 Å². The average molecular weight is 349 g/mol. The lowest BCUT2D eigenvalue weighted by Gasteiger charge is -2.30. The first-order valence-electron chi connectivity index (χ1n) is 7.46. The summed E-state index contributed by atoms with van der Waals surface area (Å²) in [4.78, 5) is 26.6. The quantitative estimate of drug-likeness (QED) is 0.925. The number of nitrogens with zero attached hydrogens (tertiary/aromatic N) is 1. The molecule has 0 unspecified atom stereocenters. The van der Waals surface area contributed by atoms with Gasteiger partial charge in [-0.05, 0) is 36.2 Å². The van der Waals surface area contributed by atoms with Crippen molar-refractivity contribution in [3.05, 3.63) is 46.6 Å². The van der Waals surface area contributed by atoms with E-state index in [1.54, 1.807) is 18.2 Å². The standard InChI is InChI=1S/C17H16FNO4S/c1-10-8-14(24-15(10)11-2-4-12(18)5-3-11)16(20)19-6-7-23-13(9-19)17(21)22/h2-5,8,13H,6-7,9H2,1H3,(H,21,22)/t13-/m0/s1. The van der Waals surface area contributed by atoms with Gasteiger partial charge in [0.05, 0.1) is 18.0 Å². The van der Waals surface area contributed by atoms with E-state index >= 15 is 0 Å². The Morgan fingerprint density at radius 3 is 2.71 bits per heavy atom. The monoisotopic (exact) mass is 349 g/mol. The van der Waals surface area contributed by atoms with Crippen LogP contribution in [0.25, 0.3) is 10.4 Å². The summed E-state index contributed by atoms with van der Waals surface area (Å²) >= 11 is 1.33. The molecule has 0 radical (unpaired) electrons. The largest absolute Gasteiger partial charge is 0.479 e. The van der Waals surface area contributed by atoms with Crippen molar-refractivity contribution in [2.45, 2.75) is 13.0 Å². The van der Waals surface area contributed by atoms with Crippen molar-refractivity contribution in [3.8, 4) is 10.4 Å². The Morgan fingerprint density at radius 1 is 1.33 bits per heavy atom. The molecule has 1 N–H and O–H groups in total. The fourth-order valence-electron chi connectivity index (χ4n) is 2.61. The van der Waals surface area contributed by atoms with Crippen molar-refractivity contribution in [3.63, 3.8) is 0 Å². The Morgan fingerprint density at radius 2 is 2.04 bits per heavy atom. The van der Waals surface area contributed by atoms with Crippen LogP contribution in [0, 0.1) is 12.7 Å². The summed E-state index contributed by atoms with van der Waals surface area (Å²) in [6.45, 7) is 2.51. The van der Waals surface area contributed by atoms with E-state index in [9.17, 15) is 14.0 Å². The number of carboxylic acid groups (broad SMARTS) is 1. The summed E-state index contributed by atoms with van der Waals surface area (Å²) in [7, 11) is 0. The number of aryl methyl sites for hydroxylation is 1. The fourth-order valence-corrected chi connectivity index (χ4v) is 3.76. The van der Waals surface area contributed by atoms with Crippen molar-refractivity contribution >= 4 is 23.2 Å². The molecule has 1 saturated heterocycles. The summed E-state index contributed by atoms with van der Waals surface area (Å²) in [5, 5.41) is 9.04. The smallest absolute Gasteiger partial charge is 0.334 e. The predicted molar refractivity (Wildman–Crippen MR) is 87.7 cm³/mol. The minimum Gasteiger partial charge on any atom is -0.479 e. The van der Waals surface area contributed by atoms with Crippen LogP contribution in [-0.4, -0.2) is 47.7 Å². The molecule has 1 atom stereocenters. The van der Waals surface area contributed by atoms with Gasteiger partial charge in [0, 0.05) is 11.4 Å². The van der Waals surface area contributed by atoms with Crippen LogP contribution >= 0.6 is 11.3 Å². The number of morpholine rings is 1. The van der Waals surface area contributed by atoms with Gasteiger partial charge in [0.25, 0.3) is 5.91 Å². The zero-order chi connectivity index (χ0) is 17.3. The van der Waals surface area contributed by atoms with E-state index in [0.29, 0.717) is 11.4 Å². The first-order valence-corrected chi connectivity index (χ1v) is 8.27. The molecule has 0 spiro atoms. The van der Waals surface area contributed by atoms with Gasteiger partial charge in [0.15, 0.2) is 6.10 Å². The van der Waals surface area contributed by atoms with Crippen molar-refractivity contribution in [2.24, 2.45) is 0 Å². The third kappa shape index (κ3) is 3.32. The normalized spacial score (nSPS) is 17.8. The molecule has 2 aromatic rings. The highest BCUT2D eigenvalue weighted by molar-refractivity contribution is 7.17. The Bertz CT molecular complexity index is 771. The lowest BCUT2D eigenvalue weighted by atomic mass is 10.1. The molecule has 1 aliphatic heterocycles. The molecule has 126 valence electrons. The number of benzene rings is 1. The molecule has 0 bridgehead atoms. The van der Waals surface area contributed by atoms with Crippen molar-refractivity contribution < 1.29 is 23.8 Å². The molecule has 0 aliphatic carbocycles. The third-order valence-corrected chi connectivity index (χ3v) is 5.14. The number of amides is 1. The molecular weight excluding hydrogens is 333 g/mol. The maximum Gasteiger partial charge on any atom is 0.334 e. The number of halogens is 1. The zero-order valence-electron chi connectivity index (χ0n) is 13.0. The van der Waals surface area contributed by atoms with E-state index < -0.39 is 12.1 Å². The van der Waals surface area contributed by atoms with Gasteiger partial charge in [0.1, 0.15) is 5.82 Å². The van der Waals surface area contributed by atoms with Crippen molar-refractivity contribution in [2.75, 3.05) is 19.7 Å². The molecule has 0 saturated carbocycles. The summed E-state index contributed by atoms with van der Waals surface area (Å²) in [6.07, 6.45) is -0.986. The van der Waals surface area contributed by atoms with Crippen LogP contribution in [0.2, 0.25) is 0 Å². The zero-order valence-corrected chi connectivity index (χ0v) is 13.8. The maximum atomic E-state index is 13.1. The molecule has 1 aliphatic rings. The predicted octanol–water partition coefficient (Wildman–Crippen LogP) is 2.79. The Labute approximate surface area is 142 Å². The van der Waals surface area contributed by atoms with Gasteiger partial charge in [-0.15, -0.1) is 11.3 Å². The van der Waals surface area contributed by atoms with Crippen LogP contribution in [0.3, 0.4) is 0 Å². The minimum absolute atomic E-state index is 0.0387. The van der Waals surface area contributed by atoms with E-state index in [1.807, 2.05) is 6.92 Å². The topological polar surface area (TPSA) is 66.8 Å². The number of hydrogen-bond donors (Lipinski definition) is 1. The highest BCUT2D eigenvalue weighted by atomic mass is 32.1. The summed E-state index contributed by atoms with van der Waals surface area (Å²) in [6, 6.07) is 7.91. The molecule has 1 amide bonds. The lowest BCUT2D eigenvalue weighted by Crippen LogP contribution is -2.48. The summed E-state index contributed by atoms with van der Waals surface area (Å²) in [5.41, 5.74) is 1.78.